The third-order valence-electron chi connectivity index (χ3n) is 2.55. The lowest BCUT2D eigenvalue weighted by molar-refractivity contribution is 0.0601. The van der Waals surface area contributed by atoms with Crippen molar-refractivity contribution in [3.8, 4) is 0 Å². The van der Waals surface area contributed by atoms with E-state index in [0.29, 0.717) is 11.3 Å². The average Bonchev–Trinajstić information content (AvgIpc) is 2.38. The molecule has 1 rings (SSSR count). The Morgan fingerprint density at radius 1 is 1.28 bits per heavy atom. The number of carbonyl (C=O) groups excluding carboxylic acids is 2. The molecular formula is C13H18N2O3. The standard InChI is InChI=1S/C13H18N2O3/c1-4-9(2)14-13(17)15-11-7-5-10(6-8-11)12(16)18-3/h5-9H,4H2,1-3H3,(H2,14,15,17). The number of hydrogen-bond acceptors (Lipinski definition) is 3. The topological polar surface area (TPSA) is 67.4 Å². The van der Waals surface area contributed by atoms with Crippen LogP contribution in [-0.4, -0.2) is 25.2 Å². The monoisotopic (exact) mass is 250 g/mol. The zero-order valence-electron chi connectivity index (χ0n) is 10.8. The molecule has 1 aromatic rings. The molecule has 0 aliphatic carbocycles. The molecule has 1 unspecified atom stereocenters. The Bertz CT molecular complexity index is 415. The number of rotatable bonds is 4. The first-order valence-electron chi connectivity index (χ1n) is 5.82. The highest BCUT2D eigenvalue weighted by Gasteiger charge is 2.07. The number of ether oxygens (including phenoxy) is 1. The maximum Gasteiger partial charge on any atom is 0.337 e. The number of carbonyl (C=O) groups is 2. The van der Waals surface area contributed by atoms with E-state index >= 15 is 0 Å². The number of benzene rings is 1. The fourth-order valence-electron chi connectivity index (χ4n) is 1.30. The molecule has 0 fully saturated rings. The minimum Gasteiger partial charge on any atom is -0.465 e. The molecule has 0 saturated heterocycles. The predicted molar refractivity (Wildman–Crippen MR) is 69.7 cm³/mol. The lowest BCUT2D eigenvalue weighted by Gasteiger charge is -2.12. The van der Waals surface area contributed by atoms with Crippen LogP contribution in [-0.2, 0) is 4.74 Å². The van der Waals surface area contributed by atoms with Crippen molar-refractivity contribution in [3.05, 3.63) is 29.8 Å². The first kappa shape index (κ1) is 14.0. The van der Waals surface area contributed by atoms with Crippen molar-refractivity contribution >= 4 is 17.7 Å². The van der Waals surface area contributed by atoms with Gasteiger partial charge in [-0.3, -0.25) is 0 Å². The second kappa shape index (κ2) is 6.64. The molecule has 0 radical (unpaired) electrons. The summed E-state index contributed by atoms with van der Waals surface area (Å²) in [5.41, 5.74) is 1.08. The third kappa shape index (κ3) is 4.08. The smallest absolute Gasteiger partial charge is 0.337 e. The minimum absolute atomic E-state index is 0.124. The molecule has 2 N–H and O–H groups in total. The van der Waals surface area contributed by atoms with Crippen molar-refractivity contribution in [2.24, 2.45) is 0 Å². The highest BCUT2D eigenvalue weighted by molar-refractivity contribution is 5.92. The number of urea groups is 1. The molecule has 1 aromatic carbocycles. The van der Waals surface area contributed by atoms with E-state index in [1.807, 2.05) is 13.8 Å². The maximum atomic E-state index is 11.5. The van der Waals surface area contributed by atoms with Gasteiger partial charge in [0.25, 0.3) is 0 Å². The van der Waals surface area contributed by atoms with Crippen molar-refractivity contribution in [3.63, 3.8) is 0 Å². The van der Waals surface area contributed by atoms with Crippen molar-refractivity contribution in [2.75, 3.05) is 12.4 Å². The quantitative estimate of drug-likeness (QED) is 0.806. The molecule has 1 atom stereocenters. The molecule has 98 valence electrons. The fourth-order valence-corrected chi connectivity index (χ4v) is 1.30. The van der Waals surface area contributed by atoms with E-state index in [1.165, 1.54) is 7.11 Å². The molecule has 0 bridgehead atoms. The average molecular weight is 250 g/mol. The van der Waals surface area contributed by atoms with Gasteiger partial charge in [-0.15, -0.1) is 0 Å². The van der Waals surface area contributed by atoms with Gasteiger partial charge in [0.15, 0.2) is 0 Å². The molecular weight excluding hydrogens is 232 g/mol. The Labute approximate surface area is 107 Å². The number of anilines is 1. The number of nitrogens with one attached hydrogen (secondary N) is 2. The highest BCUT2D eigenvalue weighted by atomic mass is 16.5. The zero-order chi connectivity index (χ0) is 13.5. The van der Waals surface area contributed by atoms with Crippen LogP contribution in [0.15, 0.2) is 24.3 Å². The summed E-state index contributed by atoms with van der Waals surface area (Å²) in [5.74, 6) is -0.398. The maximum absolute atomic E-state index is 11.5. The van der Waals surface area contributed by atoms with Gasteiger partial charge >= 0.3 is 12.0 Å². The molecule has 5 nitrogen and oxygen atoms in total. The number of hydrogen-bond donors (Lipinski definition) is 2. The third-order valence-corrected chi connectivity index (χ3v) is 2.55. The van der Waals surface area contributed by atoms with E-state index in [4.69, 9.17) is 0 Å². The summed E-state index contributed by atoms with van der Waals surface area (Å²) in [6.45, 7) is 3.93. The van der Waals surface area contributed by atoms with Gasteiger partial charge in [-0.05, 0) is 37.6 Å². The fraction of sp³-hybridized carbons (Fsp3) is 0.385. The summed E-state index contributed by atoms with van der Waals surface area (Å²) in [4.78, 5) is 22.8. The van der Waals surface area contributed by atoms with Gasteiger partial charge in [0.2, 0.25) is 0 Å². The lowest BCUT2D eigenvalue weighted by Crippen LogP contribution is -2.35. The van der Waals surface area contributed by atoms with Crippen LogP contribution < -0.4 is 10.6 Å². The van der Waals surface area contributed by atoms with E-state index < -0.39 is 5.97 Å². The summed E-state index contributed by atoms with van der Waals surface area (Å²) >= 11 is 0. The second-order valence-electron chi connectivity index (χ2n) is 3.98. The number of esters is 1. The predicted octanol–water partition coefficient (Wildman–Crippen LogP) is 2.39. The lowest BCUT2D eigenvalue weighted by atomic mass is 10.2. The van der Waals surface area contributed by atoms with Crippen LogP contribution in [0.4, 0.5) is 10.5 Å². The SMILES string of the molecule is CCC(C)NC(=O)Nc1ccc(C(=O)OC)cc1. The first-order valence-corrected chi connectivity index (χ1v) is 5.82. The summed E-state index contributed by atoms with van der Waals surface area (Å²) in [6.07, 6.45) is 0.870. The van der Waals surface area contributed by atoms with Gasteiger partial charge in [0.05, 0.1) is 12.7 Å². The van der Waals surface area contributed by atoms with E-state index in [-0.39, 0.29) is 12.1 Å². The van der Waals surface area contributed by atoms with Crippen molar-refractivity contribution < 1.29 is 14.3 Å². The Morgan fingerprint density at radius 3 is 2.39 bits per heavy atom. The number of methoxy groups -OCH3 is 1. The minimum atomic E-state index is -0.398. The van der Waals surface area contributed by atoms with Crippen molar-refractivity contribution in [1.29, 1.82) is 0 Å². The van der Waals surface area contributed by atoms with Gasteiger partial charge in [0, 0.05) is 11.7 Å². The molecule has 0 spiro atoms. The van der Waals surface area contributed by atoms with Gasteiger partial charge in [-0.2, -0.15) is 0 Å². The second-order valence-corrected chi connectivity index (χ2v) is 3.98. The summed E-state index contributed by atoms with van der Waals surface area (Å²) in [5, 5.41) is 5.47. The van der Waals surface area contributed by atoms with Crippen molar-refractivity contribution in [1.82, 2.24) is 5.32 Å². The van der Waals surface area contributed by atoms with E-state index in [1.54, 1.807) is 24.3 Å². The van der Waals surface area contributed by atoms with Gasteiger partial charge in [-0.25, -0.2) is 9.59 Å². The zero-order valence-corrected chi connectivity index (χ0v) is 10.8. The Balaban J connectivity index is 2.58. The van der Waals surface area contributed by atoms with Gasteiger partial charge in [-0.1, -0.05) is 6.92 Å². The van der Waals surface area contributed by atoms with Crippen molar-refractivity contribution in [2.45, 2.75) is 26.3 Å². The molecule has 18 heavy (non-hydrogen) atoms. The molecule has 0 aliphatic rings. The molecule has 2 amide bonds. The van der Waals surface area contributed by atoms with Crippen LogP contribution in [0.2, 0.25) is 0 Å². The Hall–Kier alpha value is -2.04. The van der Waals surface area contributed by atoms with Gasteiger partial charge in [0.1, 0.15) is 0 Å². The Morgan fingerprint density at radius 2 is 1.89 bits per heavy atom. The normalized spacial score (nSPS) is 11.5. The van der Waals surface area contributed by atoms with Gasteiger partial charge < -0.3 is 15.4 Å². The molecule has 0 aliphatic heterocycles. The molecule has 5 heteroatoms. The molecule has 0 heterocycles. The van der Waals surface area contributed by atoms with E-state index in [0.717, 1.165) is 6.42 Å². The Kier molecular flexibility index (Phi) is 5.17. The van der Waals surface area contributed by atoms with Crippen LogP contribution >= 0.6 is 0 Å². The summed E-state index contributed by atoms with van der Waals surface area (Å²) < 4.78 is 4.59. The number of amides is 2. The van der Waals surface area contributed by atoms with E-state index in [9.17, 15) is 9.59 Å². The first-order chi connectivity index (χ1) is 8.56. The van der Waals surface area contributed by atoms with Crippen LogP contribution in [0, 0.1) is 0 Å². The summed E-state index contributed by atoms with van der Waals surface area (Å²) in [7, 11) is 1.33. The van der Waals surface area contributed by atoms with Crippen LogP contribution in [0.1, 0.15) is 30.6 Å². The highest BCUT2D eigenvalue weighted by Crippen LogP contribution is 2.10. The largest absolute Gasteiger partial charge is 0.465 e. The molecule has 0 aromatic heterocycles. The van der Waals surface area contributed by atoms with E-state index in [2.05, 4.69) is 15.4 Å². The summed E-state index contributed by atoms with van der Waals surface area (Å²) in [6, 6.07) is 6.38. The molecule has 0 saturated carbocycles. The van der Waals surface area contributed by atoms with Crippen LogP contribution in [0.3, 0.4) is 0 Å². The van der Waals surface area contributed by atoms with Crippen LogP contribution in [0.5, 0.6) is 0 Å². The van der Waals surface area contributed by atoms with Crippen LogP contribution in [0.25, 0.3) is 0 Å².